The molecule has 0 atom stereocenters. The summed E-state index contributed by atoms with van der Waals surface area (Å²) in [6, 6.07) is 14.5. The van der Waals surface area contributed by atoms with Crippen molar-refractivity contribution in [1.82, 2.24) is 25.5 Å². The van der Waals surface area contributed by atoms with E-state index in [1.54, 1.807) is 31.4 Å². The number of ether oxygens (including phenoxy) is 1. The van der Waals surface area contributed by atoms with Gasteiger partial charge in [-0.25, -0.2) is 0 Å². The van der Waals surface area contributed by atoms with Crippen LogP contribution in [0.2, 0.25) is 0 Å². The van der Waals surface area contributed by atoms with Gasteiger partial charge in [-0.05, 0) is 47.5 Å². The van der Waals surface area contributed by atoms with Crippen molar-refractivity contribution in [1.29, 1.82) is 0 Å². The number of hydrogen-bond acceptors (Lipinski definition) is 7. The van der Waals surface area contributed by atoms with E-state index in [9.17, 15) is 9.59 Å². The van der Waals surface area contributed by atoms with E-state index in [0.717, 1.165) is 12.8 Å². The minimum atomic E-state index is -0.263. The summed E-state index contributed by atoms with van der Waals surface area (Å²) in [5.74, 6) is 0.253. The molecule has 0 bridgehead atoms. The summed E-state index contributed by atoms with van der Waals surface area (Å²) in [7, 11) is 1.57. The smallest absolute Gasteiger partial charge is 0.253 e. The van der Waals surface area contributed by atoms with Crippen LogP contribution in [-0.2, 0) is 4.79 Å². The molecule has 2 N–H and O–H groups in total. The van der Waals surface area contributed by atoms with Gasteiger partial charge in [0.1, 0.15) is 11.4 Å². The second kappa shape index (κ2) is 8.95. The summed E-state index contributed by atoms with van der Waals surface area (Å²) in [4.78, 5) is 24.9. The number of thioether (sulfide) groups is 1. The average molecular weight is 424 g/mol. The normalized spacial score (nSPS) is 13.0. The Morgan fingerprint density at radius 2 is 1.93 bits per heavy atom. The predicted octanol–water partition coefficient (Wildman–Crippen LogP) is 2.29. The number of benzene rings is 2. The third-order valence-electron chi connectivity index (χ3n) is 4.44. The van der Waals surface area contributed by atoms with Crippen molar-refractivity contribution in [3.05, 3.63) is 54.1 Å². The van der Waals surface area contributed by atoms with Gasteiger partial charge in [0.15, 0.2) is 0 Å². The van der Waals surface area contributed by atoms with E-state index in [-0.39, 0.29) is 23.6 Å². The molecule has 9 nitrogen and oxygen atoms in total. The van der Waals surface area contributed by atoms with E-state index in [1.165, 1.54) is 16.4 Å². The van der Waals surface area contributed by atoms with Crippen LogP contribution in [0.3, 0.4) is 0 Å². The molecule has 1 aliphatic rings. The highest BCUT2D eigenvalue weighted by Gasteiger charge is 2.25. The van der Waals surface area contributed by atoms with Gasteiger partial charge in [-0.1, -0.05) is 36.0 Å². The van der Waals surface area contributed by atoms with E-state index in [1.807, 2.05) is 24.3 Å². The van der Waals surface area contributed by atoms with E-state index < -0.39 is 0 Å². The SMILES string of the molecule is COc1ccccc1-n1nnnc1SCC(=O)Nc1ccccc1C(=O)NC1CC1. The molecule has 0 unspecified atom stereocenters. The molecule has 10 heteroatoms. The Balaban J connectivity index is 1.42. The molecular weight excluding hydrogens is 404 g/mol. The lowest BCUT2D eigenvalue weighted by atomic mass is 10.1. The van der Waals surface area contributed by atoms with Crippen molar-refractivity contribution in [2.45, 2.75) is 24.0 Å². The summed E-state index contributed by atoms with van der Waals surface area (Å²) < 4.78 is 6.87. The fourth-order valence-electron chi connectivity index (χ4n) is 2.82. The van der Waals surface area contributed by atoms with Crippen LogP contribution < -0.4 is 15.4 Å². The highest BCUT2D eigenvalue weighted by Crippen LogP contribution is 2.26. The zero-order valence-electron chi connectivity index (χ0n) is 16.2. The largest absolute Gasteiger partial charge is 0.494 e. The lowest BCUT2D eigenvalue weighted by Gasteiger charge is -2.11. The van der Waals surface area contributed by atoms with Gasteiger partial charge in [-0.3, -0.25) is 9.59 Å². The third-order valence-corrected chi connectivity index (χ3v) is 5.36. The number of anilines is 1. The molecule has 2 aromatic carbocycles. The first-order valence-electron chi connectivity index (χ1n) is 9.40. The van der Waals surface area contributed by atoms with Crippen LogP contribution in [0, 0.1) is 0 Å². The molecule has 30 heavy (non-hydrogen) atoms. The van der Waals surface area contributed by atoms with Gasteiger partial charge in [0, 0.05) is 6.04 Å². The Hall–Kier alpha value is -3.40. The number of rotatable bonds is 8. The number of amides is 2. The highest BCUT2D eigenvalue weighted by atomic mass is 32.2. The lowest BCUT2D eigenvalue weighted by Crippen LogP contribution is -2.27. The zero-order chi connectivity index (χ0) is 20.9. The van der Waals surface area contributed by atoms with Gasteiger partial charge in [0.25, 0.3) is 5.91 Å². The van der Waals surface area contributed by atoms with Crippen molar-refractivity contribution in [2.75, 3.05) is 18.2 Å². The lowest BCUT2D eigenvalue weighted by molar-refractivity contribution is -0.113. The molecule has 1 aliphatic carbocycles. The summed E-state index contributed by atoms with van der Waals surface area (Å²) >= 11 is 1.19. The van der Waals surface area contributed by atoms with Gasteiger partial charge in [-0.15, -0.1) is 5.10 Å². The van der Waals surface area contributed by atoms with Crippen LogP contribution in [0.4, 0.5) is 5.69 Å². The van der Waals surface area contributed by atoms with Crippen LogP contribution in [0.15, 0.2) is 53.7 Å². The summed E-state index contributed by atoms with van der Waals surface area (Å²) in [5.41, 5.74) is 1.60. The summed E-state index contributed by atoms with van der Waals surface area (Å²) in [5, 5.41) is 17.9. The second-order valence-corrected chi connectivity index (χ2v) is 7.62. The number of carbonyl (C=O) groups is 2. The van der Waals surface area contributed by atoms with Crippen LogP contribution in [0.5, 0.6) is 5.75 Å². The van der Waals surface area contributed by atoms with Crippen LogP contribution in [0.1, 0.15) is 23.2 Å². The van der Waals surface area contributed by atoms with E-state index in [4.69, 9.17) is 4.74 Å². The molecule has 1 aromatic heterocycles. The quantitative estimate of drug-likeness (QED) is 0.534. The molecule has 4 rings (SSSR count). The molecule has 1 fully saturated rings. The molecule has 0 spiro atoms. The molecule has 3 aromatic rings. The van der Waals surface area contributed by atoms with Gasteiger partial charge < -0.3 is 15.4 Å². The first-order chi connectivity index (χ1) is 14.7. The first-order valence-corrected chi connectivity index (χ1v) is 10.4. The fraction of sp³-hybridized carbons (Fsp3) is 0.250. The topological polar surface area (TPSA) is 111 Å². The number of tetrazole rings is 1. The maximum Gasteiger partial charge on any atom is 0.253 e. The Labute approximate surface area is 177 Å². The fourth-order valence-corrected chi connectivity index (χ4v) is 3.51. The second-order valence-electron chi connectivity index (χ2n) is 6.68. The number of carbonyl (C=O) groups excluding carboxylic acids is 2. The van der Waals surface area contributed by atoms with Crippen molar-refractivity contribution >= 4 is 29.3 Å². The number of nitrogens with zero attached hydrogens (tertiary/aromatic N) is 4. The van der Waals surface area contributed by atoms with Gasteiger partial charge in [-0.2, -0.15) is 4.68 Å². The summed E-state index contributed by atoms with van der Waals surface area (Å²) in [6.45, 7) is 0. The Bertz CT molecular complexity index is 1070. The molecule has 0 radical (unpaired) electrons. The molecule has 0 saturated heterocycles. The van der Waals surface area contributed by atoms with Crippen molar-refractivity contribution in [2.24, 2.45) is 0 Å². The minimum absolute atomic E-state index is 0.0775. The standard InChI is InChI=1S/C20H20N6O3S/c1-29-17-9-5-4-8-16(17)26-20(23-24-25-26)30-12-18(27)22-15-7-3-2-6-14(15)19(28)21-13-10-11-13/h2-9,13H,10-12H2,1H3,(H,21,28)(H,22,27). The van der Waals surface area contributed by atoms with Crippen LogP contribution in [0.25, 0.3) is 5.69 Å². The zero-order valence-corrected chi connectivity index (χ0v) is 17.1. The molecule has 1 heterocycles. The van der Waals surface area contributed by atoms with Crippen molar-refractivity contribution < 1.29 is 14.3 Å². The molecule has 154 valence electrons. The van der Waals surface area contributed by atoms with Gasteiger partial charge >= 0.3 is 0 Å². The first kappa shape index (κ1) is 19.9. The highest BCUT2D eigenvalue weighted by molar-refractivity contribution is 7.99. The molecule has 2 amide bonds. The maximum absolute atomic E-state index is 12.5. The van der Waals surface area contributed by atoms with Crippen molar-refractivity contribution in [3.8, 4) is 11.4 Å². The maximum atomic E-state index is 12.5. The number of aromatic nitrogens is 4. The van der Waals surface area contributed by atoms with Crippen molar-refractivity contribution in [3.63, 3.8) is 0 Å². The Morgan fingerprint density at radius 3 is 2.73 bits per heavy atom. The number of hydrogen-bond donors (Lipinski definition) is 2. The Kier molecular flexibility index (Phi) is 5.94. The van der Waals surface area contributed by atoms with Crippen LogP contribution in [-0.4, -0.2) is 50.9 Å². The van der Waals surface area contributed by atoms with E-state index in [2.05, 4.69) is 26.2 Å². The average Bonchev–Trinajstić information content (AvgIpc) is 3.46. The molecular formula is C20H20N6O3S. The van der Waals surface area contributed by atoms with Gasteiger partial charge in [0.2, 0.25) is 11.1 Å². The third kappa shape index (κ3) is 4.60. The minimum Gasteiger partial charge on any atom is -0.494 e. The summed E-state index contributed by atoms with van der Waals surface area (Å²) in [6.07, 6.45) is 2.00. The van der Waals surface area contributed by atoms with E-state index >= 15 is 0 Å². The predicted molar refractivity (Wildman–Crippen MR) is 112 cm³/mol. The number of para-hydroxylation sites is 3. The number of methoxy groups -OCH3 is 1. The molecule has 1 saturated carbocycles. The van der Waals surface area contributed by atoms with E-state index in [0.29, 0.717) is 27.8 Å². The molecule has 0 aliphatic heterocycles. The number of nitrogens with one attached hydrogen (secondary N) is 2. The van der Waals surface area contributed by atoms with Gasteiger partial charge in [0.05, 0.1) is 24.1 Å². The monoisotopic (exact) mass is 424 g/mol. The Morgan fingerprint density at radius 1 is 1.17 bits per heavy atom. The van der Waals surface area contributed by atoms with Crippen LogP contribution >= 0.6 is 11.8 Å².